The molecule has 0 bridgehead atoms. The van der Waals surface area contributed by atoms with Gasteiger partial charge in [-0.1, -0.05) is 18.7 Å². The van der Waals surface area contributed by atoms with E-state index in [1.54, 1.807) is 6.08 Å². The van der Waals surface area contributed by atoms with Gasteiger partial charge in [0, 0.05) is 11.6 Å². The summed E-state index contributed by atoms with van der Waals surface area (Å²) in [6.07, 6.45) is 6.34. The molecule has 1 aromatic carbocycles. The summed E-state index contributed by atoms with van der Waals surface area (Å²) in [5, 5.41) is 0. The molecule has 0 fully saturated rings. The normalized spacial score (nSPS) is 10.4. The highest BCUT2D eigenvalue weighted by atomic mass is 16.5. The number of hydrogen-bond donors (Lipinski definition) is 0. The first-order chi connectivity index (χ1) is 14.0. The Bertz CT molecular complexity index is 704. The molecule has 0 heterocycles. The molecule has 0 aromatic heterocycles. The Labute approximate surface area is 171 Å². The Hall–Kier alpha value is -3.09. The molecule has 0 N–H and O–H groups in total. The minimum atomic E-state index is -0.566. The van der Waals surface area contributed by atoms with Crippen LogP contribution in [0.1, 0.15) is 37.7 Å². The van der Waals surface area contributed by atoms with Gasteiger partial charge >= 0.3 is 17.9 Å². The SMILES string of the molecule is C=C(CC(=O)OC)C(=O)OCCCCCCOc1ccc(/C=C/C(=O)OC)cc1. The number of unbranched alkanes of at least 4 members (excludes halogenated alkanes) is 3. The van der Waals surface area contributed by atoms with Gasteiger partial charge in [-0.05, 0) is 49.5 Å². The Morgan fingerprint density at radius 3 is 2.21 bits per heavy atom. The third-order valence-electron chi connectivity index (χ3n) is 3.91. The summed E-state index contributed by atoms with van der Waals surface area (Å²) >= 11 is 0. The summed E-state index contributed by atoms with van der Waals surface area (Å²) in [5.74, 6) is -0.715. The largest absolute Gasteiger partial charge is 0.494 e. The van der Waals surface area contributed by atoms with Crippen LogP contribution in [-0.4, -0.2) is 45.3 Å². The number of esters is 3. The van der Waals surface area contributed by atoms with E-state index in [-0.39, 0.29) is 12.0 Å². The molecule has 7 nitrogen and oxygen atoms in total. The van der Waals surface area contributed by atoms with Gasteiger partial charge in [0.15, 0.2) is 0 Å². The van der Waals surface area contributed by atoms with Crippen LogP contribution in [0, 0.1) is 0 Å². The van der Waals surface area contributed by atoms with Crippen molar-refractivity contribution >= 4 is 24.0 Å². The van der Waals surface area contributed by atoms with Gasteiger partial charge in [0.25, 0.3) is 0 Å². The third-order valence-corrected chi connectivity index (χ3v) is 3.91. The summed E-state index contributed by atoms with van der Waals surface area (Å²) in [6, 6.07) is 7.41. The zero-order valence-corrected chi connectivity index (χ0v) is 17.0. The molecule has 0 aliphatic carbocycles. The van der Waals surface area contributed by atoms with Gasteiger partial charge in [-0.2, -0.15) is 0 Å². The second-order valence-electron chi connectivity index (χ2n) is 6.18. The quantitative estimate of drug-likeness (QED) is 0.215. The highest BCUT2D eigenvalue weighted by molar-refractivity contribution is 5.93. The second-order valence-corrected chi connectivity index (χ2v) is 6.18. The van der Waals surface area contributed by atoms with Crippen molar-refractivity contribution in [3.8, 4) is 5.75 Å². The van der Waals surface area contributed by atoms with Gasteiger partial charge in [-0.15, -0.1) is 0 Å². The average molecular weight is 404 g/mol. The molecule has 0 saturated carbocycles. The Kier molecular flexibility index (Phi) is 11.5. The molecule has 7 heteroatoms. The van der Waals surface area contributed by atoms with Crippen LogP contribution in [0.2, 0.25) is 0 Å². The fourth-order valence-corrected chi connectivity index (χ4v) is 2.24. The van der Waals surface area contributed by atoms with Crippen molar-refractivity contribution in [3.63, 3.8) is 0 Å². The average Bonchev–Trinajstić information content (AvgIpc) is 2.74. The smallest absolute Gasteiger partial charge is 0.333 e. The first-order valence-electron chi connectivity index (χ1n) is 9.37. The number of ether oxygens (including phenoxy) is 4. The molecule has 0 unspecified atom stereocenters. The van der Waals surface area contributed by atoms with Crippen molar-refractivity contribution < 1.29 is 33.3 Å². The van der Waals surface area contributed by atoms with Gasteiger partial charge in [-0.3, -0.25) is 4.79 Å². The Morgan fingerprint density at radius 2 is 1.59 bits per heavy atom. The lowest BCUT2D eigenvalue weighted by atomic mass is 10.2. The molecular weight excluding hydrogens is 376 g/mol. The summed E-state index contributed by atoms with van der Waals surface area (Å²) in [7, 11) is 2.59. The topological polar surface area (TPSA) is 88.1 Å². The molecule has 0 atom stereocenters. The zero-order chi connectivity index (χ0) is 21.5. The van der Waals surface area contributed by atoms with Crippen molar-refractivity contribution in [1.82, 2.24) is 0 Å². The number of benzene rings is 1. The van der Waals surface area contributed by atoms with E-state index < -0.39 is 17.9 Å². The summed E-state index contributed by atoms with van der Waals surface area (Å²) in [5.41, 5.74) is 0.976. The number of hydrogen-bond acceptors (Lipinski definition) is 7. The molecular formula is C22H28O7. The third kappa shape index (κ3) is 10.7. The van der Waals surface area contributed by atoms with Gasteiger partial charge in [0.05, 0.1) is 33.9 Å². The van der Waals surface area contributed by atoms with Crippen LogP contribution in [0.15, 0.2) is 42.5 Å². The first-order valence-corrected chi connectivity index (χ1v) is 9.37. The van der Waals surface area contributed by atoms with Crippen LogP contribution in [0.25, 0.3) is 6.08 Å². The molecule has 158 valence electrons. The van der Waals surface area contributed by atoms with E-state index in [0.717, 1.165) is 37.0 Å². The number of carbonyl (C=O) groups excluding carboxylic acids is 3. The van der Waals surface area contributed by atoms with Crippen LogP contribution < -0.4 is 4.74 Å². The van der Waals surface area contributed by atoms with E-state index in [1.165, 1.54) is 20.3 Å². The summed E-state index contributed by atoms with van der Waals surface area (Å²) in [6.45, 7) is 4.40. The lowest BCUT2D eigenvalue weighted by Crippen LogP contribution is -2.12. The van der Waals surface area contributed by atoms with Crippen LogP contribution in [0.4, 0.5) is 0 Å². The molecule has 0 amide bonds. The maximum Gasteiger partial charge on any atom is 0.333 e. The molecule has 1 aromatic rings. The van der Waals surface area contributed by atoms with Gasteiger partial charge in [-0.25, -0.2) is 9.59 Å². The molecule has 1 rings (SSSR count). The van der Waals surface area contributed by atoms with E-state index in [9.17, 15) is 14.4 Å². The molecule has 0 saturated heterocycles. The standard InChI is InChI=1S/C22H28O7/c1-17(16-21(24)27-3)22(25)29-15-7-5-4-6-14-28-19-11-8-18(9-12-19)10-13-20(23)26-2/h8-13H,1,4-7,14-16H2,2-3H3/b13-10+. The maximum absolute atomic E-state index is 11.6. The van der Waals surface area contributed by atoms with E-state index in [4.69, 9.17) is 9.47 Å². The van der Waals surface area contributed by atoms with Gasteiger partial charge in [0.2, 0.25) is 0 Å². The molecule has 0 aliphatic heterocycles. The number of carbonyl (C=O) groups is 3. The summed E-state index contributed by atoms with van der Waals surface area (Å²) < 4.78 is 19.8. The molecule has 0 aliphatic rings. The van der Waals surface area contributed by atoms with Crippen LogP contribution in [0.3, 0.4) is 0 Å². The zero-order valence-electron chi connectivity index (χ0n) is 17.0. The van der Waals surface area contributed by atoms with Crippen LogP contribution in [-0.2, 0) is 28.6 Å². The van der Waals surface area contributed by atoms with E-state index in [0.29, 0.717) is 13.2 Å². The Balaban J connectivity index is 2.10. The number of rotatable bonds is 13. The van der Waals surface area contributed by atoms with Gasteiger partial charge in [0.1, 0.15) is 5.75 Å². The number of methoxy groups -OCH3 is 2. The van der Waals surface area contributed by atoms with Crippen LogP contribution >= 0.6 is 0 Å². The monoisotopic (exact) mass is 404 g/mol. The highest BCUT2D eigenvalue weighted by Crippen LogP contribution is 2.14. The second kappa shape index (κ2) is 14.0. The van der Waals surface area contributed by atoms with Crippen molar-refractivity contribution in [1.29, 1.82) is 0 Å². The van der Waals surface area contributed by atoms with Crippen LogP contribution in [0.5, 0.6) is 5.75 Å². The minimum absolute atomic E-state index is 0.0945. The predicted molar refractivity (Wildman–Crippen MR) is 108 cm³/mol. The van der Waals surface area contributed by atoms with Gasteiger partial charge < -0.3 is 18.9 Å². The lowest BCUT2D eigenvalue weighted by molar-refractivity contribution is -0.144. The first kappa shape index (κ1) is 23.9. The minimum Gasteiger partial charge on any atom is -0.494 e. The molecule has 0 spiro atoms. The van der Waals surface area contributed by atoms with E-state index in [2.05, 4.69) is 16.1 Å². The fourth-order valence-electron chi connectivity index (χ4n) is 2.24. The fraction of sp³-hybridized carbons (Fsp3) is 0.409. The predicted octanol–water partition coefficient (Wildman–Crippen LogP) is 3.47. The summed E-state index contributed by atoms with van der Waals surface area (Å²) in [4.78, 5) is 33.7. The van der Waals surface area contributed by atoms with E-state index in [1.807, 2.05) is 24.3 Å². The van der Waals surface area contributed by atoms with Crippen molar-refractivity contribution in [3.05, 3.63) is 48.1 Å². The highest BCUT2D eigenvalue weighted by Gasteiger charge is 2.12. The Morgan fingerprint density at radius 1 is 0.931 bits per heavy atom. The van der Waals surface area contributed by atoms with Crippen molar-refractivity contribution in [2.75, 3.05) is 27.4 Å². The molecule has 0 radical (unpaired) electrons. The lowest BCUT2D eigenvalue weighted by Gasteiger charge is -2.08. The van der Waals surface area contributed by atoms with Crippen molar-refractivity contribution in [2.45, 2.75) is 32.1 Å². The van der Waals surface area contributed by atoms with Crippen molar-refractivity contribution in [2.24, 2.45) is 0 Å². The molecule has 29 heavy (non-hydrogen) atoms. The van der Waals surface area contributed by atoms with E-state index >= 15 is 0 Å². The maximum atomic E-state index is 11.6.